The number of carbonyl (C=O) groups excluding carboxylic acids is 2. The molecule has 1 rings (SSSR count). The van der Waals surface area contributed by atoms with Crippen molar-refractivity contribution in [3.05, 3.63) is 23.8 Å². The summed E-state index contributed by atoms with van der Waals surface area (Å²) >= 11 is 0. The van der Waals surface area contributed by atoms with Crippen LogP contribution in [0.1, 0.15) is 30.6 Å². The van der Waals surface area contributed by atoms with E-state index < -0.39 is 0 Å². The van der Waals surface area contributed by atoms with Gasteiger partial charge in [-0.3, -0.25) is 9.59 Å². The summed E-state index contributed by atoms with van der Waals surface area (Å²) in [4.78, 5) is 23.3. The summed E-state index contributed by atoms with van der Waals surface area (Å²) in [5.74, 6) is 0.407. The summed E-state index contributed by atoms with van der Waals surface area (Å²) < 4.78 is 15.2. The molecule has 0 saturated carbocycles. The second-order valence-electron chi connectivity index (χ2n) is 4.61. The molecule has 21 heavy (non-hydrogen) atoms. The van der Waals surface area contributed by atoms with Crippen molar-refractivity contribution < 1.29 is 23.8 Å². The molecule has 0 bridgehead atoms. The minimum atomic E-state index is -0.336. The van der Waals surface area contributed by atoms with Gasteiger partial charge in [-0.15, -0.1) is 0 Å². The average Bonchev–Trinajstić information content (AvgIpc) is 2.45. The largest absolute Gasteiger partial charge is 0.493 e. The number of benzene rings is 1. The lowest BCUT2D eigenvalue weighted by Crippen LogP contribution is -2.27. The molecule has 0 aliphatic rings. The molecular weight excluding hydrogens is 274 g/mol. The molecule has 0 aromatic heterocycles. The number of hydrogen-bond acceptors (Lipinski definition) is 5. The summed E-state index contributed by atoms with van der Waals surface area (Å²) in [6.45, 7) is 3.78. The predicted molar refractivity (Wildman–Crippen MR) is 77.7 cm³/mol. The van der Waals surface area contributed by atoms with Crippen LogP contribution in [0, 0.1) is 0 Å². The Bertz CT molecular complexity index is 499. The summed E-state index contributed by atoms with van der Waals surface area (Å²) in [6.07, 6.45) is -0.0175. The quantitative estimate of drug-likeness (QED) is 0.776. The van der Waals surface area contributed by atoms with E-state index in [1.165, 1.54) is 14.2 Å². The third kappa shape index (κ3) is 5.33. The highest BCUT2D eigenvalue weighted by molar-refractivity contribution is 5.95. The summed E-state index contributed by atoms with van der Waals surface area (Å²) in [5.41, 5.74) is 0.435. The van der Waals surface area contributed by atoms with E-state index in [2.05, 4.69) is 5.32 Å². The number of amides is 1. The van der Waals surface area contributed by atoms with Gasteiger partial charge in [-0.1, -0.05) is 0 Å². The standard InChI is InChI=1S/C15H21NO5/c1-10(2)21-14(17)7-8-16-15(18)11-5-6-12(19-3)13(9-11)20-4/h5-6,9-10H,7-8H2,1-4H3,(H,16,18). The maximum absolute atomic E-state index is 12.0. The van der Waals surface area contributed by atoms with Gasteiger partial charge in [0.05, 0.1) is 26.7 Å². The van der Waals surface area contributed by atoms with E-state index >= 15 is 0 Å². The molecular formula is C15H21NO5. The fourth-order valence-corrected chi connectivity index (χ4v) is 1.68. The molecule has 0 fully saturated rings. The van der Waals surface area contributed by atoms with Crippen molar-refractivity contribution in [1.29, 1.82) is 0 Å². The fraction of sp³-hybridized carbons (Fsp3) is 0.467. The van der Waals surface area contributed by atoms with Crippen LogP contribution in [0.3, 0.4) is 0 Å². The normalized spacial score (nSPS) is 10.1. The molecule has 0 spiro atoms. The maximum Gasteiger partial charge on any atom is 0.307 e. The molecule has 6 nitrogen and oxygen atoms in total. The number of nitrogens with one attached hydrogen (secondary N) is 1. The highest BCUT2D eigenvalue weighted by atomic mass is 16.5. The fourth-order valence-electron chi connectivity index (χ4n) is 1.68. The number of rotatable bonds is 7. The number of methoxy groups -OCH3 is 2. The molecule has 1 aromatic carbocycles. The van der Waals surface area contributed by atoms with E-state index in [-0.39, 0.29) is 30.9 Å². The Morgan fingerprint density at radius 3 is 2.38 bits per heavy atom. The molecule has 1 N–H and O–H groups in total. The topological polar surface area (TPSA) is 73.9 Å². The highest BCUT2D eigenvalue weighted by Crippen LogP contribution is 2.27. The molecule has 0 unspecified atom stereocenters. The van der Waals surface area contributed by atoms with Gasteiger partial charge in [-0.05, 0) is 32.0 Å². The van der Waals surface area contributed by atoms with E-state index in [1.54, 1.807) is 32.0 Å². The lowest BCUT2D eigenvalue weighted by Gasteiger charge is -2.10. The van der Waals surface area contributed by atoms with Crippen LogP contribution in [0.25, 0.3) is 0 Å². The summed E-state index contributed by atoms with van der Waals surface area (Å²) in [5, 5.41) is 2.66. The molecule has 0 heterocycles. The Balaban J connectivity index is 2.54. The lowest BCUT2D eigenvalue weighted by atomic mass is 10.2. The van der Waals surface area contributed by atoms with Crippen molar-refractivity contribution in [3.63, 3.8) is 0 Å². The predicted octanol–water partition coefficient (Wildman–Crippen LogP) is 1.78. The van der Waals surface area contributed by atoms with Crippen molar-refractivity contribution >= 4 is 11.9 Å². The van der Waals surface area contributed by atoms with Crippen LogP contribution in [-0.2, 0) is 9.53 Å². The zero-order valence-electron chi connectivity index (χ0n) is 12.8. The first-order valence-electron chi connectivity index (χ1n) is 6.67. The van der Waals surface area contributed by atoms with Gasteiger partial charge in [0.25, 0.3) is 5.91 Å². The van der Waals surface area contributed by atoms with E-state index in [1.807, 2.05) is 0 Å². The lowest BCUT2D eigenvalue weighted by molar-refractivity contribution is -0.147. The molecule has 0 radical (unpaired) electrons. The van der Waals surface area contributed by atoms with Crippen molar-refractivity contribution in [2.45, 2.75) is 26.4 Å². The highest BCUT2D eigenvalue weighted by Gasteiger charge is 2.11. The van der Waals surface area contributed by atoms with Crippen LogP contribution in [-0.4, -0.2) is 38.7 Å². The zero-order valence-corrected chi connectivity index (χ0v) is 12.8. The summed E-state index contributed by atoms with van der Waals surface area (Å²) in [6, 6.07) is 4.87. The third-order valence-electron chi connectivity index (χ3n) is 2.63. The van der Waals surface area contributed by atoms with Crippen LogP contribution < -0.4 is 14.8 Å². The third-order valence-corrected chi connectivity index (χ3v) is 2.63. The first kappa shape index (κ1) is 16.8. The first-order chi connectivity index (χ1) is 9.97. The Morgan fingerprint density at radius 1 is 1.14 bits per heavy atom. The smallest absolute Gasteiger partial charge is 0.307 e. The number of carbonyl (C=O) groups is 2. The number of esters is 1. The van der Waals surface area contributed by atoms with Crippen LogP contribution in [0.4, 0.5) is 0 Å². The van der Waals surface area contributed by atoms with Crippen LogP contribution in [0.5, 0.6) is 11.5 Å². The van der Waals surface area contributed by atoms with Gasteiger partial charge >= 0.3 is 5.97 Å². The molecule has 1 amide bonds. The van der Waals surface area contributed by atoms with Crippen LogP contribution in [0.2, 0.25) is 0 Å². The molecule has 0 saturated heterocycles. The van der Waals surface area contributed by atoms with E-state index in [4.69, 9.17) is 14.2 Å². The Hall–Kier alpha value is -2.24. The van der Waals surface area contributed by atoms with Gasteiger partial charge in [-0.25, -0.2) is 0 Å². The van der Waals surface area contributed by atoms with Crippen molar-refractivity contribution in [3.8, 4) is 11.5 Å². The zero-order chi connectivity index (χ0) is 15.8. The Morgan fingerprint density at radius 2 is 1.81 bits per heavy atom. The molecule has 0 aliphatic heterocycles. The molecule has 116 valence electrons. The van der Waals surface area contributed by atoms with Crippen molar-refractivity contribution in [2.75, 3.05) is 20.8 Å². The Kier molecular flexibility index (Phi) is 6.52. The Labute approximate surface area is 124 Å². The molecule has 0 aliphatic carbocycles. The van der Waals surface area contributed by atoms with Crippen molar-refractivity contribution in [2.24, 2.45) is 0 Å². The summed E-state index contributed by atoms with van der Waals surface area (Å²) in [7, 11) is 3.03. The minimum absolute atomic E-state index is 0.136. The number of hydrogen-bond donors (Lipinski definition) is 1. The monoisotopic (exact) mass is 295 g/mol. The second-order valence-corrected chi connectivity index (χ2v) is 4.61. The van der Waals surface area contributed by atoms with Gasteiger partial charge in [-0.2, -0.15) is 0 Å². The van der Waals surface area contributed by atoms with E-state index in [9.17, 15) is 9.59 Å². The van der Waals surface area contributed by atoms with Crippen molar-refractivity contribution in [1.82, 2.24) is 5.32 Å². The van der Waals surface area contributed by atoms with Gasteiger partial charge in [0.1, 0.15) is 0 Å². The maximum atomic E-state index is 12.0. The van der Waals surface area contributed by atoms with Crippen LogP contribution in [0.15, 0.2) is 18.2 Å². The van der Waals surface area contributed by atoms with Gasteiger partial charge in [0.15, 0.2) is 11.5 Å². The number of ether oxygens (including phenoxy) is 3. The van der Waals surface area contributed by atoms with Crippen LogP contribution >= 0.6 is 0 Å². The average molecular weight is 295 g/mol. The molecule has 0 atom stereocenters. The molecule has 6 heteroatoms. The van der Waals surface area contributed by atoms with Gasteiger partial charge < -0.3 is 19.5 Å². The second kappa shape index (κ2) is 8.14. The van der Waals surface area contributed by atoms with Gasteiger partial charge in [0, 0.05) is 12.1 Å². The SMILES string of the molecule is COc1ccc(C(=O)NCCC(=O)OC(C)C)cc1OC. The van der Waals surface area contributed by atoms with E-state index in [0.29, 0.717) is 17.1 Å². The first-order valence-corrected chi connectivity index (χ1v) is 6.67. The van der Waals surface area contributed by atoms with E-state index in [0.717, 1.165) is 0 Å². The minimum Gasteiger partial charge on any atom is -0.493 e. The van der Waals surface area contributed by atoms with Gasteiger partial charge in [0.2, 0.25) is 0 Å². The molecule has 1 aromatic rings.